The number of imidazole rings is 1. The molecule has 0 spiro atoms. The Hall–Kier alpha value is -3.80. The van der Waals surface area contributed by atoms with Crippen molar-refractivity contribution in [3.05, 3.63) is 65.7 Å². The number of carbonyl (C=O) groups excluding carboxylic acids is 1. The van der Waals surface area contributed by atoms with Gasteiger partial charge in [0.05, 0.1) is 6.20 Å². The third-order valence-corrected chi connectivity index (χ3v) is 5.40. The van der Waals surface area contributed by atoms with Gasteiger partial charge in [-0.1, -0.05) is 11.2 Å². The fourth-order valence-electron chi connectivity index (χ4n) is 3.19. The van der Waals surface area contributed by atoms with Gasteiger partial charge in [0, 0.05) is 29.4 Å². The Balaban J connectivity index is 1.56. The number of nitrogens with zero attached hydrogens (tertiary/aromatic N) is 4. The number of nitrogens with one attached hydrogen (secondary N) is 1. The van der Waals surface area contributed by atoms with Crippen LogP contribution in [0.15, 0.2) is 47.2 Å². The van der Waals surface area contributed by atoms with Crippen molar-refractivity contribution in [2.45, 2.75) is 38.5 Å². The molecule has 1 atom stereocenters. The molecular formula is C22H19F4N5O3. The third-order valence-electron chi connectivity index (χ3n) is 5.40. The number of aromatic nitrogens is 4. The first-order valence-electron chi connectivity index (χ1n) is 10.1. The predicted octanol–water partition coefficient (Wildman–Crippen LogP) is 4.33. The molecule has 0 radical (unpaired) electrons. The second kappa shape index (κ2) is 8.52. The molecule has 0 unspecified atom stereocenters. The van der Waals surface area contributed by atoms with Crippen LogP contribution in [-0.4, -0.2) is 42.3 Å². The number of rotatable bonds is 6. The molecule has 0 saturated heterocycles. The largest absolute Gasteiger partial charge is 0.416 e. The summed E-state index contributed by atoms with van der Waals surface area (Å²) in [5.41, 5.74) is -1.66. The molecule has 0 aliphatic rings. The average Bonchev–Trinajstić information content (AvgIpc) is 3.42. The molecule has 1 amide bonds. The van der Waals surface area contributed by atoms with Crippen molar-refractivity contribution in [2.24, 2.45) is 0 Å². The Morgan fingerprint density at radius 1 is 1.26 bits per heavy atom. The summed E-state index contributed by atoms with van der Waals surface area (Å²) in [4.78, 5) is 20.9. The Labute approximate surface area is 190 Å². The maximum absolute atomic E-state index is 14.6. The highest BCUT2D eigenvalue weighted by Crippen LogP contribution is 2.34. The van der Waals surface area contributed by atoms with E-state index in [1.54, 1.807) is 28.8 Å². The van der Waals surface area contributed by atoms with Crippen LogP contribution in [0.1, 0.15) is 35.3 Å². The average molecular weight is 477 g/mol. The highest BCUT2D eigenvalue weighted by molar-refractivity contribution is 6.04. The summed E-state index contributed by atoms with van der Waals surface area (Å²) >= 11 is 0. The van der Waals surface area contributed by atoms with Crippen LogP contribution in [0.2, 0.25) is 0 Å². The molecule has 4 aromatic rings. The molecule has 3 heterocycles. The number of hydrogen-bond acceptors (Lipinski definition) is 6. The zero-order chi connectivity index (χ0) is 24.7. The summed E-state index contributed by atoms with van der Waals surface area (Å²) in [7, 11) is 0. The lowest BCUT2D eigenvalue weighted by atomic mass is 10.00. The normalized spacial score (nSPS) is 13.7. The number of benzene rings is 1. The molecule has 0 aliphatic heterocycles. The van der Waals surface area contributed by atoms with Gasteiger partial charge >= 0.3 is 6.18 Å². The summed E-state index contributed by atoms with van der Waals surface area (Å²) in [6.07, 6.45) is -2.80. The van der Waals surface area contributed by atoms with E-state index in [1.807, 2.05) is 0 Å². The fraction of sp³-hybridized carbons (Fsp3) is 0.273. The number of aryl methyl sites for hydroxylation is 1. The number of pyridine rings is 1. The van der Waals surface area contributed by atoms with Crippen molar-refractivity contribution in [1.29, 1.82) is 0 Å². The number of fused-ring (bicyclic) bond motifs is 1. The van der Waals surface area contributed by atoms with E-state index < -0.39 is 29.9 Å². The van der Waals surface area contributed by atoms with Crippen molar-refractivity contribution >= 4 is 17.2 Å². The number of halogens is 4. The van der Waals surface area contributed by atoms with Gasteiger partial charge in [-0.3, -0.25) is 9.20 Å². The third kappa shape index (κ3) is 4.49. The van der Waals surface area contributed by atoms with Crippen LogP contribution < -0.4 is 5.32 Å². The summed E-state index contributed by atoms with van der Waals surface area (Å²) in [5, 5.41) is 15.9. The Bertz CT molecular complexity index is 1360. The number of hydrogen-bond donors (Lipinski definition) is 2. The van der Waals surface area contributed by atoms with Gasteiger partial charge in [-0.2, -0.15) is 18.2 Å². The number of alkyl halides is 3. The minimum Gasteiger partial charge on any atom is -0.381 e. The van der Waals surface area contributed by atoms with Crippen LogP contribution in [0, 0.1) is 12.7 Å². The zero-order valence-electron chi connectivity index (χ0n) is 18.0. The molecule has 34 heavy (non-hydrogen) atoms. The summed E-state index contributed by atoms with van der Waals surface area (Å²) < 4.78 is 59.6. The molecule has 0 saturated carbocycles. The van der Waals surface area contributed by atoms with Gasteiger partial charge in [-0.15, -0.1) is 0 Å². The fourth-order valence-corrected chi connectivity index (χ4v) is 3.19. The minimum absolute atomic E-state index is 0.0779. The number of aliphatic hydroxyl groups is 1. The maximum atomic E-state index is 14.6. The van der Waals surface area contributed by atoms with Gasteiger partial charge in [0.15, 0.2) is 5.60 Å². The molecule has 0 bridgehead atoms. The first-order valence-corrected chi connectivity index (χ1v) is 10.1. The van der Waals surface area contributed by atoms with Crippen molar-refractivity contribution in [1.82, 2.24) is 19.5 Å². The van der Waals surface area contributed by atoms with Crippen LogP contribution in [-0.2, 0) is 6.42 Å². The first kappa shape index (κ1) is 23.4. The number of amides is 1. The Morgan fingerprint density at radius 2 is 2.03 bits per heavy atom. The topological polar surface area (TPSA) is 106 Å². The summed E-state index contributed by atoms with van der Waals surface area (Å²) in [5.74, 6) is -1.42. The van der Waals surface area contributed by atoms with E-state index in [2.05, 4.69) is 20.4 Å². The van der Waals surface area contributed by atoms with Crippen molar-refractivity contribution in [2.75, 3.05) is 5.32 Å². The summed E-state index contributed by atoms with van der Waals surface area (Å²) in [6.45, 7) is 2.13. The molecule has 1 aromatic carbocycles. The van der Waals surface area contributed by atoms with E-state index in [0.717, 1.165) is 6.07 Å². The maximum Gasteiger partial charge on any atom is 0.416 e. The first-order chi connectivity index (χ1) is 16.0. The quantitative estimate of drug-likeness (QED) is 0.401. The standard InChI is InChI=1S/C22H19F4N5O3/c1-12-14(23)9-13(19-29-18(34-30-19)6-7-21(2,33)22(24,25)26)10-15(12)28-20(32)16-11-27-17-5-3-4-8-31(16)17/h3-5,8-11,33H,6-7H2,1-2H3,(H,28,32)/t21-/m1/s1. The minimum atomic E-state index is -4.82. The lowest BCUT2D eigenvalue weighted by Gasteiger charge is -2.25. The van der Waals surface area contributed by atoms with Crippen LogP contribution in [0.3, 0.4) is 0 Å². The van der Waals surface area contributed by atoms with Crippen LogP contribution in [0.4, 0.5) is 23.2 Å². The van der Waals surface area contributed by atoms with Crippen LogP contribution >= 0.6 is 0 Å². The van der Waals surface area contributed by atoms with E-state index in [0.29, 0.717) is 12.6 Å². The molecule has 0 fully saturated rings. The van der Waals surface area contributed by atoms with E-state index in [4.69, 9.17) is 4.52 Å². The van der Waals surface area contributed by atoms with E-state index in [1.165, 1.54) is 19.2 Å². The lowest BCUT2D eigenvalue weighted by molar-refractivity contribution is -0.255. The number of carbonyl (C=O) groups is 1. The van der Waals surface area contributed by atoms with Gasteiger partial charge in [0.2, 0.25) is 11.7 Å². The van der Waals surface area contributed by atoms with Gasteiger partial charge < -0.3 is 14.9 Å². The number of anilines is 1. The molecule has 12 heteroatoms. The highest BCUT2D eigenvalue weighted by Gasteiger charge is 2.49. The molecule has 178 valence electrons. The predicted molar refractivity (Wildman–Crippen MR) is 113 cm³/mol. The van der Waals surface area contributed by atoms with Crippen LogP contribution in [0.5, 0.6) is 0 Å². The lowest BCUT2D eigenvalue weighted by Crippen LogP contribution is -2.42. The molecule has 8 nitrogen and oxygen atoms in total. The zero-order valence-corrected chi connectivity index (χ0v) is 18.0. The summed E-state index contributed by atoms with van der Waals surface area (Å²) in [6, 6.07) is 7.79. The second-order valence-electron chi connectivity index (χ2n) is 7.94. The highest BCUT2D eigenvalue weighted by atomic mass is 19.4. The van der Waals surface area contributed by atoms with Gasteiger partial charge in [-0.25, -0.2) is 9.37 Å². The second-order valence-corrected chi connectivity index (χ2v) is 7.94. The van der Waals surface area contributed by atoms with Gasteiger partial charge in [0.1, 0.15) is 17.2 Å². The SMILES string of the molecule is Cc1c(F)cc(-c2noc(CC[C@@](C)(O)C(F)(F)F)n2)cc1NC(=O)c1cnc2ccccn12. The van der Waals surface area contributed by atoms with Crippen molar-refractivity contribution in [3.63, 3.8) is 0 Å². The van der Waals surface area contributed by atoms with Gasteiger partial charge in [-0.05, 0) is 44.5 Å². The smallest absolute Gasteiger partial charge is 0.381 e. The molecule has 0 aliphatic carbocycles. The molecule has 2 N–H and O–H groups in total. The monoisotopic (exact) mass is 477 g/mol. The Kier molecular flexibility index (Phi) is 5.86. The Morgan fingerprint density at radius 3 is 2.76 bits per heavy atom. The molecule has 3 aromatic heterocycles. The van der Waals surface area contributed by atoms with Crippen LogP contribution in [0.25, 0.3) is 17.0 Å². The van der Waals surface area contributed by atoms with E-state index in [-0.39, 0.29) is 40.6 Å². The molecule has 4 rings (SSSR count). The van der Waals surface area contributed by atoms with E-state index in [9.17, 15) is 27.5 Å². The van der Waals surface area contributed by atoms with E-state index >= 15 is 0 Å². The van der Waals surface area contributed by atoms with Crippen molar-refractivity contribution < 1.29 is 32.0 Å². The van der Waals surface area contributed by atoms with Gasteiger partial charge in [0.25, 0.3) is 5.91 Å². The molecular weight excluding hydrogens is 458 g/mol. The van der Waals surface area contributed by atoms with Crippen molar-refractivity contribution in [3.8, 4) is 11.4 Å².